The van der Waals surface area contributed by atoms with Gasteiger partial charge in [0.25, 0.3) is 0 Å². The fraction of sp³-hybridized carbons (Fsp3) is 0.0833. The second kappa shape index (κ2) is 4.06. The third-order valence-electron chi connectivity index (χ3n) is 2.57. The van der Waals surface area contributed by atoms with Crippen LogP contribution in [0.3, 0.4) is 0 Å². The van der Waals surface area contributed by atoms with Crippen LogP contribution in [-0.4, -0.2) is 16.1 Å². The summed E-state index contributed by atoms with van der Waals surface area (Å²) in [4.78, 5) is 12.2. The van der Waals surface area contributed by atoms with E-state index in [1.54, 1.807) is 31.2 Å². The monoisotopic (exact) mass is 306 g/mol. The first-order valence-corrected chi connectivity index (χ1v) is 5.98. The molecule has 90 valence electrons. The van der Waals surface area contributed by atoms with Crippen molar-refractivity contribution in [2.24, 2.45) is 0 Å². The Hall–Kier alpha value is -1.95. The molecule has 0 aliphatic rings. The molecule has 0 fully saturated rings. The molecular weight excluding hydrogens is 300 g/mol. The lowest BCUT2D eigenvalue weighted by Crippen LogP contribution is -2.01. The molecule has 0 bridgehead atoms. The molecule has 1 aromatic carbocycles. The number of hydrogen-bond donors (Lipinski definition) is 0. The van der Waals surface area contributed by atoms with Gasteiger partial charge in [-0.1, -0.05) is 26.2 Å². The van der Waals surface area contributed by atoms with Crippen LogP contribution in [0.2, 0.25) is 0 Å². The van der Waals surface area contributed by atoms with E-state index in [2.05, 4.69) is 26.2 Å². The van der Waals surface area contributed by atoms with Crippen molar-refractivity contribution in [1.82, 2.24) is 10.3 Å². The second-order valence-corrected chi connectivity index (χ2v) is 4.71. The molecule has 0 unspecified atom stereocenters. The molecule has 0 N–H and O–H groups in total. The molecule has 0 spiro atoms. The Morgan fingerprint density at radius 3 is 2.50 bits per heavy atom. The number of fused-ring (bicyclic) bond motifs is 1. The maximum absolute atomic E-state index is 12.2. The third kappa shape index (κ3) is 1.65. The highest BCUT2D eigenvalue weighted by atomic mass is 79.9. The van der Waals surface area contributed by atoms with Crippen LogP contribution in [0.4, 0.5) is 0 Å². The SMILES string of the molecule is Cc1noc2c(C(=O)c3ccc(Br)cc3)noc12. The van der Waals surface area contributed by atoms with Gasteiger partial charge in [-0.05, 0) is 31.2 Å². The van der Waals surface area contributed by atoms with Gasteiger partial charge in [-0.2, -0.15) is 0 Å². The Morgan fingerprint density at radius 2 is 1.78 bits per heavy atom. The van der Waals surface area contributed by atoms with E-state index in [9.17, 15) is 4.79 Å². The molecule has 0 amide bonds. The summed E-state index contributed by atoms with van der Waals surface area (Å²) < 4.78 is 11.0. The molecule has 5 nitrogen and oxygen atoms in total. The number of carbonyl (C=O) groups is 1. The molecule has 0 aliphatic carbocycles. The predicted molar refractivity (Wildman–Crippen MR) is 66.4 cm³/mol. The molecule has 3 aromatic rings. The number of carbonyl (C=O) groups excluding carboxylic acids is 1. The zero-order valence-electron chi connectivity index (χ0n) is 9.31. The summed E-state index contributed by atoms with van der Waals surface area (Å²) in [5.74, 6) is -0.252. The number of rotatable bonds is 2. The van der Waals surface area contributed by atoms with Gasteiger partial charge in [0.05, 0.1) is 0 Å². The maximum Gasteiger partial charge on any atom is 0.238 e. The molecule has 0 atom stereocenters. The molecule has 0 radical (unpaired) electrons. The van der Waals surface area contributed by atoms with Gasteiger partial charge in [-0.3, -0.25) is 4.79 Å². The second-order valence-electron chi connectivity index (χ2n) is 3.79. The van der Waals surface area contributed by atoms with Gasteiger partial charge in [0.2, 0.25) is 22.6 Å². The zero-order chi connectivity index (χ0) is 12.7. The van der Waals surface area contributed by atoms with E-state index >= 15 is 0 Å². The standard InChI is InChI=1S/C12H7BrN2O3/c1-6-11-12(18-14-6)9(15-17-11)10(16)7-2-4-8(13)5-3-7/h2-5H,1H3. The summed E-state index contributed by atoms with van der Waals surface area (Å²) in [5, 5.41) is 7.48. The minimum absolute atomic E-state index is 0.146. The van der Waals surface area contributed by atoms with Crippen molar-refractivity contribution >= 4 is 32.9 Å². The quantitative estimate of drug-likeness (QED) is 0.680. The topological polar surface area (TPSA) is 69.1 Å². The Labute approximate surface area is 110 Å². The summed E-state index contributed by atoms with van der Waals surface area (Å²) in [7, 11) is 0. The van der Waals surface area contributed by atoms with Crippen LogP contribution >= 0.6 is 15.9 Å². The number of benzene rings is 1. The first kappa shape index (κ1) is 11.2. The molecule has 3 rings (SSSR count). The summed E-state index contributed by atoms with van der Waals surface area (Å²) in [6.07, 6.45) is 0. The molecule has 18 heavy (non-hydrogen) atoms. The van der Waals surface area contributed by atoms with Crippen LogP contribution in [0.1, 0.15) is 21.7 Å². The summed E-state index contributed by atoms with van der Waals surface area (Å²) in [5.41, 5.74) is 1.94. The zero-order valence-corrected chi connectivity index (χ0v) is 10.9. The lowest BCUT2D eigenvalue weighted by Gasteiger charge is -1.96. The molecule has 2 aromatic heterocycles. The number of nitrogens with zero attached hydrogens (tertiary/aromatic N) is 2. The molecular formula is C12H7BrN2O3. The van der Waals surface area contributed by atoms with Gasteiger partial charge in [0.1, 0.15) is 5.69 Å². The smallest absolute Gasteiger partial charge is 0.238 e. The third-order valence-corrected chi connectivity index (χ3v) is 3.10. The van der Waals surface area contributed by atoms with Crippen molar-refractivity contribution in [3.63, 3.8) is 0 Å². The molecule has 2 heterocycles. The van der Waals surface area contributed by atoms with Gasteiger partial charge in [-0.25, -0.2) is 0 Å². The minimum atomic E-state index is -0.252. The van der Waals surface area contributed by atoms with Crippen LogP contribution < -0.4 is 0 Å². The van der Waals surface area contributed by atoms with Crippen LogP contribution in [-0.2, 0) is 0 Å². The van der Waals surface area contributed by atoms with E-state index in [1.807, 2.05) is 0 Å². The van der Waals surface area contributed by atoms with Gasteiger partial charge < -0.3 is 9.05 Å². The summed E-state index contributed by atoms with van der Waals surface area (Å²) in [6, 6.07) is 6.98. The van der Waals surface area contributed by atoms with Crippen LogP contribution in [0.25, 0.3) is 11.2 Å². The van der Waals surface area contributed by atoms with Crippen molar-refractivity contribution in [2.75, 3.05) is 0 Å². The van der Waals surface area contributed by atoms with Gasteiger partial charge in [0.15, 0.2) is 0 Å². The number of halogens is 1. The average molecular weight is 307 g/mol. The Morgan fingerprint density at radius 1 is 1.11 bits per heavy atom. The fourth-order valence-corrected chi connectivity index (χ4v) is 1.90. The van der Waals surface area contributed by atoms with E-state index < -0.39 is 0 Å². The highest BCUT2D eigenvalue weighted by molar-refractivity contribution is 9.10. The van der Waals surface area contributed by atoms with E-state index in [4.69, 9.17) is 9.05 Å². The molecule has 0 saturated heterocycles. The number of ketones is 1. The van der Waals surface area contributed by atoms with Crippen LogP contribution in [0, 0.1) is 6.92 Å². The number of aromatic nitrogens is 2. The van der Waals surface area contributed by atoms with Crippen molar-refractivity contribution in [2.45, 2.75) is 6.92 Å². The van der Waals surface area contributed by atoms with Crippen molar-refractivity contribution in [1.29, 1.82) is 0 Å². The predicted octanol–water partition coefficient (Wildman–Crippen LogP) is 3.12. The molecule has 0 aliphatic heterocycles. The van der Waals surface area contributed by atoms with E-state index in [1.165, 1.54) is 0 Å². The fourth-order valence-electron chi connectivity index (χ4n) is 1.63. The van der Waals surface area contributed by atoms with Crippen molar-refractivity contribution in [3.05, 3.63) is 45.7 Å². The number of aryl methyl sites for hydroxylation is 1. The first-order valence-electron chi connectivity index (χ1n) is 5.19. The van der Waals surface area contributed by atoms with Crippen molar-refractivity contribution in [3.8, 4) is 0 Å². The van der Waals surface area contributed by atoms with Crippen LogP contribution in [0.15, 0.2) is 37.8 Å². The highest BCUT2D eigenvalue weighted by Crippen LogP contribution is 2.23. The average Bonchev–Trinajstić information content (AvgIpc) is 2.93. The van der Waals surface area contributed by atoms with Gasteiger partial charge in [-0.15, -0.1) is 0 Å². The van der Waals surface area contributed by atoms with E-state index in [0.717, 1.165) is 4.47 Å². The van der Waals surface area contributed by atoms with Gasteiger partial charge >= 0.3 is 0 Å². The normalized spacial score (nSPS) is 11.0. The largest absolute Gasteiger partial charge is 0.350 e. The first-order chi connectivity index (χ1) is 8.66. The Kier molecular flexibility index (Phi) is 2.52. The van der Waals surface area contributed by atoms with Crippen molar-refractivity contribution < 1.29 is 13.8 Å². The minimum Gasteiger partial charge on any atom is -0.350 e. The molecule has 0 saturated carbocycles. The van der Waals surface area contributed by atoms with E-state index in [0.29, 0.717) is 22.4 Å². The Bertz CT molecular complexity index is 727. The lowest BCUT2D eigenvalue weighted by atomic mass is 10.1. The highest BCUT2D eigenvalue weighted by Gasteiger charge is 2.23. The summed E-state index contributed by atoms with van der Waals surface area (Å²) in [6.45, 7) is 1.73. The summed E-state index contributed by atoms with van der Waals surface area (Å²) >= 11 is 3.31. The van der Waals surface area contributed by atoms with E-state index in [-0.39, 0.29) is 11.5 Å². The van der Waals surface area contributed by atoms with Crippen LogP contribution in [0.5, 0.6) is 0 Å². The molecule has 6 heteroatoms. The maximum atomic E-state index is 12.2. The number of hydrogen-bond acceptors (Lipinski definition) is 5. The Balaban J connectivity index is 2.09. The van der Waals surface area contributed by atoms with Gasteiger partial charge in [0, 0.05) is 10.0 Å². The lowest BCUT2D eigenvalue weighted by molar-refractivity contribution is 0.103.